The summed E-state index contributed by atoms with van der Waals surface area (Å²) in [5.41, 5.74) is 1.69. The average Bonchev–Trinajstić information content (AvgIpc) is 2.89. The SMILES string of the molecule is CC(NC1C2CCCOC2C1(C)C)c1ccsc1. The van der Waals surface area contributed by atoms with Crippen LogP contribution in [0.3, 0.4) is 0 Å². The van der Waals surface area contributed by atoms with Gasteiger partial charge in [0, 0.05) is 30.0 Å². The highest BCUT2D eigenvalue weighted by Crippen LogP contribution is 2.51. The van der Waals surface area contributed by atoms with E-state index in [9.17, 15) is 0 Å². The van der Waals surface area contributed by atoms with E-state index in [0.29, 0.717) is 18.2 Å². The molecule has 100 valence electrons. The number of ether oxygens (including phenoxy) is 1. The summed E-state index contributed by atoms with van der Waals surface area (Å²) in [6, 6.07) is 3.27. The summed E-state index contributed by atoms with van der Waals surface area (Å²) in [6.45, 7) is 7.92. The maximum Gasteiger partial charge on any atom is 0.0684 e. The van der Waals surface area contributed by atoms with Crippen molar-refractivity contribution in [1.29, 1.82) is 0 Å². The molecular weight excluding hydrogens is 242 g/mol. The third-order valence-electron chi connectivity index (χ3n) is 4.80. The van der Waals surface area contributed by atoms with Gasteiger partial charge in [-0.25, -0.2) is 0 Å². The third-order valence-corrected chi connectivity index (χ3v) is 5.51. The lowest BCUT2D eigenvalue weighted by Crippen LogP contribution is -2.69. The minimum absolute atomic E-state index is 0.273. The Bertz CT molecular complexity index is 401. The summed E-state index contributed by atoms with van der Waals surface area (Å²) in [6.07, 6.45) is 3.02. The number of hydrogen-bond donors (Lipinski definition) is 1. The number of nitrogens with one attached hydrogen (secondary N) is 1. The molecule has 1 aliphatic heterocycles. The van der Waals surface area contributed by atoms with E-state index in [1.165, 1.54) is 18.4 Å². The lowest BCUT2D eigenvalue weighted by Gasteiger charge is -2.60. The largest absolute Gasteiger partial charge is 0.377 e. The van der Waals surface area contributed by atoms with Gasteiger partial charge in [0.15, 0.2) is 0 Å². The van der Waals surface area contributed by atoms with Gasteiger partial charge in [0.05, 0.1) is 6.10 Å². The molecule has 3 heteroatoms. The fraction of sp³-hybridized carbons (Fsp3) is 0.733. The zero-order chi connectivity index (χ0) is 12.8. The van der Waals surface area contributed by atoms with E-state index in [2.05, 4.69) is 42.9 Å². The highest BCUT2D eigenvalue weighted by Gasteiger charge is 2.57. The molecule has 18 heavy (non-hydrogen) atoms. The van der Waals surface area contributed by atoms with Crippen molar-refractivity contribution in [1.82, 2.24) is 5.32 Å². The monoisotopic (exact) mass is 265 g/mol. The van der Waals surface area contributed by atoms with Gasteiger partial charge in [-0.15, -0.1) is 0 Å². The Kier molecular flexibility index (Phi) is 3.25. The van der Waals surface area contributed by atoms with E-state index < -0.39 is 0 Å². The first-order valence-corrected chi connectivity index (χ1v) is 7.94. The molecule has 0 radical (unpaired) electrons. The molecule has 1 aromatic rings. The van der Waals surface area contributed by atoms with Crippen molar-refractivity contribution in [2.24, 2.45) is 11.3 Å². The van der Waals surface area contributed by atoms with Crippen LogP contribution in [0.1, 0.15) is 45.2 Å². The van der Waals surface area contributed by atoms with Crippen LogP contribution in [-0.2, 0) is 4.74 Å². The Hall–Kier alpha value is -0.380. The van der Waals surface area contributed by atoms with Crippen LogP contribution in [0, 0.1) is 11.3 Å². The summed E-state index contributed by atoms with van der Waals surface area (Å²) in [5, 5.41) is 8.24. The molecular formula is C15H23NOS. The van der Waals surface area contributed by atoms with Crippen molar-refractivity contribution in [3.05, 3.63) is 22.4 Å². The molecule has 1 saturated heterocycles. The molecule has 1 aromatic heterocycles. The molecule has 4 atom stereocenters. The van der Waals surface area contributed by atoms with Crippen LogP contribution in [0.2, 0.25) is 0 Å². The Balaban J connectivity index is 1.69. The van der Waals surface area contributed by atoms with E-state index in [-0.39, 0.29) is 5.41 Å². The van der Waals surface area contributed by atoms with Crippen LogP contribution in [0.4, 0.5) is 0 Å². The van der Waals surface area contributed by atoms with Gasteiger partial charge in [0.1, 0.15) is 0 Å². The zero-order valence-electron chi connectivity index (χ0n) is 11.5. The Morgan fingerprint density at radius 3 is 3.06 bits per heavy atom. The lowest BCUT2D eigenvalue weighted by molar-refractivity contribution is -0.194. The van der Waals surface area contributed by atoms with Gasteiger partial charge < -0.3 is 10.1 Å². The second kappa shape index (κ2) is 4.62. The first-order valence-electron chi connectivity index (χ1n) is 7.00. The van der Waals surface area contributed by atoms with E-state index in [1.807, 2.05) is 0 Å². The number of thiophene rings is 1. The third kappa shape index (κ3) is 1.93. The van der Waals surface area contributed by atoms with Gasteiger partial charge >= 0.3 is 0 Å². The summed E-state index contributed by atoms with van der Waals surface area (Å²) in [4.78, 5) is 0. The van der Waals surface area contributed by atoms with Gasteiger partial charge in [-0.2, -0.15) is 11.3 Å². The molecule has 0 amide bonds. The molecule has 0 spiro atoms. The predicted molar refractivity (Wildman–Crippen MR) is 75.9 cm³/mol. The van der Waals surface area contributed by atoms with Crippen molar-refractivity contribution in [2.75, 3.05) is 6.61 Å². The first-order chi connectivity index (χ1) is 8.60. The van der Waals surface area contributed by atoms with Crippen LogP contribution in [0.25, 0.3) is 0 Å². The van der Waals surface area contributed by atoms with Crippen LogP contribution >= 0.6 is 11.3 Å². The molecule has 2 fully saturated rings. The molecule has 2 nitrogen and oxygen atoms in total. The van der Waals surface area contributed by atoms with Crippen LogP contribution in [-0.4, -0.2) is 18.8 Å². The summed E-state index contributed by atoms with van der Waals surface area (Å²) < 4.78 is 5.96. The normalized spacial score (nSPS) is 35.6. The van der Waals surface area contributed by atoms with Crippen molar-refractivity contribution >= 4 is 11.3 Å². The number of rotatable bonds is 3. The summed E-state index contributed by atoms with van der Waals surface area (Å²) >= 11 is 1.78. The van der Waals surface area contributed by atoms with E-state index in [0.717, 1.165) is 12.5 Å². The van der Waals surface area contributed by atoms with Crippen LogP contribution in [0.5, 0.6) is 0 Å². The number of hydrogen-bond acceptors (Lipinski definition) is 3. The van der Waals surface area contributed by atoms with Gasteiger partial charge in [0.2, 0.25) is 0 Å². The fourth-order valence-corrected chi connectivity index (χ4v) is 4.50. The first kappa shape index (κ1) is 12.6. The summed E-state index contributed by atoms with van der Waals surface area (Å²) in [7, 11) is 0. The highest BCUT2D eigenvalue weighted by atomic mass is 32.1. The van der Waals surface area contributed by atoms with Gasteiger partial charge in [-0.3, -0.25) is 0 Å². The molecule has 4 unspecified atom stereocenters. The second-order valence-corrected chi connectivity index (χ2v) is 7.12. The minimum Gasteiger partial charge on any atom is -0.377 e. The van der Waals surface area contributed by atoms with Gasteiger partial charge in [-0.05, 0) is 42.2 Å². The van der Waals surface area contributed by atoms with Gasteiger partial charge in [-0.1, -0.05) is 13.8 Å². The Morgan fingerprint density at radius 1 is 1.50 bits per heavy atom. The maximum absolute atomic E-state index is 5.96. The van der Waals surface area contributed by atoms with E-state index >= 15 is 0 Å². The Morgan fingerprint density at radius 2 is 2.33 bits per heavy atom. The van der Waals surface area contributed by atoms with Crippen molar-refractivity contribution in [3.63, 3.8) is 0 Å². The molecule has 0 aromatic carbocycles. The van der Waals surface area contributed by atoms with Crippen molar-refractivity contribution in [2.45, 2.75) is 51.8 Å². The maximum atomic E-state index is 5.96. The molecule has 0 bridgehead atoms. The highest BCUT2D eigenvalue weighted by molar-refractivity contribution is 7.07. The second-order valence-electron chi connectivity index (χ2n) is 6.34. The molecule has 1 N–H and O–H groups in total. The predicted octanol–water partition coefficient (Wildman–Crippen LogP) is 3.60. The van der Waals surface area contributed by atoms with Crippen molar-refractivity contribution < 1.29 is 4.74 Å². The topological polar surface area (TPSA) is 21.3 Å². The fourth-order valence-electron chi connectivity index (χ4n) is 3.75. The standard InChI is InChI=1S/C15H23NOS/c1-10(11-6-8-18-9-11)16-13-12-5-4-7-17-14(12)15(13,2)3/h6,8-10,12-14,16H,4-5,7H2,1-3H3. The molecule has 2 heterocycles. The van der Waals surface area contributed by atoms with Gasteiger partial charge in [0.25, 0.3) is 0 Å². The average molecular weight is 265 g/mol. The van der Waals surface area contributed by atoms with Crippen LogP contribution < -0.4 is 5.32 Å². The lowest BCUT2D eigenvalue weighted by atomic mass is 9.55. The molecule has 1 aliphatic carbocycles. The van der Waals surface area contributed by atoms with Crippen molar-refractivity contribution in [3.8, 4) is 0 Å². The van der Waals surface area contributed by atoms with Crippen LogP contribution in [0.15, 0.2) is 16.8 Å². The molecule has 1 saturated carbocycles. The Labute approximate surface area is 114 Å². The molecule has 3 rings (SSSR count). The molecule has 2 aliphatic rings. The summed E-state index contributed by atoms with van der Waals surface area (Å²) in [5.74, 6) is 0.717. The smallest absolute Gasteiger partial charge is 0.0684 e. The van der Waals surface area contributed by atoms with E-state index in [1.54, 1.807) is 11.3 Å². The number of fused-ring (bicyclic) bond motifs is 1. The zero-order valence-corrected chi connectivity index (χ0v) is 12.3. The minimum atomic E-state index is 0.273. The van der Waals surface area contributed by atoms with E-state index in [4.69, 9.17) is 4.74 Å². The quantitative estimate of drug-likeness (QED) is 0.901.